The van der Waals surface area contributed by atoms with Crippen LogP contribution in [0, 0.1) is 0 Å². The van der Waals surface area contributed by atoms with Gasteiger partial charge in [0.15, 0.2) is 0 Å². The Hall–Kier alpha value is -2.98. The Balaban J connectivity index is 1.75. The summed E-state index contributed by atoms with van der Waals surface area (Å²) in [4.78, 5) is 0. The normalized spacial score (nSPS) is 15.9. The molecule has 3 aliphatic heterocycles. The van der Waals surface area contributed by atoms with E-state index in [1.165, 1.54) is 0 Å². The quantitative estimate of drug-likeness (QED) is 0.489. The average molecular weight is 358 g/mol. The third-order valence-corrected chi connectivity index (χ3v) is 5.86. The number of rotatable bonds is 4. The minimum absolute atomic E-state index is 0.192. The molecule has 27 heavy (non-hydrogen) atoms. The van der Waals surface area contributed by atoms with Crippen molar-refractivity contribution in [1.29, 1.82) is 0 Å². The highest BCUT2D eigenvalue weighted by Crippen LogP contribution is 2.67. The van der Waals surface area contributed by atoms with Gasteiger partial charge in [-0.2, -0.15) is 0 Å². The lowest BCUT2D eigenvalue weighted by Gasteiger charge is -2.48. The average Bonchev–Trinajstić information content (AvgIpc) is 2.68. The molecule has 0 amide bonds. The van der Waals surface area contributed by atoms with E-state index in [2.05, 4.69) is 0 Å². The van der Waals surface area contributed by atoms with Crippen LogP contribution in [0.2, 0.25) is 0 Å². The molecule has 3 aromatic rings. The molecule has 0 spiro atoms. The number of aliphatic hydroxyl groups is 1. The van der Waals surface area contributed by atoms with E-state index >= 15 is 0 Å². The molecule has 1 N–H and O–H groups in total. The van der Waals surface area contributed by atoms with Crippen LogP contribution < -0.4 is 14.2 Å². The van der Waals surface area contributed by atoms with Crippen molar-refractivity contribution in [3.8, 4) is 34.5 Å². The summed E-state index contributed by atoms with van der Waals surface area (Å²) in [5, 5.41) is 9.40. The number of hydrogen-bond donors (Lipinski definition) is 1. The minimum atomic E-state index is -0.381. The van der Waals surface area contributed by atoms with Crippen LogP contribution in [0.3, 0.4) is 0 Å². The summed E-state index contributed by atoms with van der Waals surface area (Å²) in [6.45, 7) is 0.192. The molecule has 3 heterocycles. The maximum atomic E-state index is 9.40. The van der Waals surface area contributed by atoms with Crippen LogP contribution in [0.1, 0.15) is 36.0 Å². The van der Waals surface area contributed by atoms with E-state index in [0.717, 1.165) is 70.4 Å². The molecule has 4 nitrogen and oxygen atoms in total. The summed E-state index contributed by atoms with van der Waals surface area (Å²) < 4.78 is 18.8. The topological polar surface area (TPSA) is 47.9 Å². The molecule has 0 saturated carbocycles. The predicted octanol–water partition coefficient (Wildman–Crippen LogP) is 5.50. The van der Waals surface area contributed by atoms with E-state index < -0.39 is 0 Å². The van der Waals surface area contributed by atoms with Gasteiger partial charge in [-0.1, -0.05) is 18.2 Å². The maximum absolute atomic E-state index is 9.40. The fourth-order valence-corrected chi connectivity index (χ4v) is 4.91. The molecule has 6 rings (SSSR count). The van der Waals surface area contributed by atoms with Crippen LogP contribution in [0.4, 0.5) is 0 Å². The second kappa shape index (κ2) is 5.27. The molecule has 3 aliphatic rings. The monoisotopic (exact) mass is 358 g/mol. The first kappa shape index (κ1) is 15.1. The van der Waals surface area contributed by atoms with Crippen molar-refractivity contribution in [2.75, 3.05) is 6.61 Å². The highest BCUT2D eigenvalue weighted by atomic mass is 16.5. The first-order valence-corrected chi connectivity index (χ1v) is 9.38. The summed E-state index contributed by atoms with van der Waals surface area (Å²) in [7, 11) is 0. The van der Waals surface area contributed by atoms with Crippen molar-refractivity contribution in [2.24, 2.45) is 0 Å². The van der Waals surface area contributed by atoms with Crippen LogP contribution in [-0.4, -0.2) is 11.7 Å². The smallest absolute Gasteiger partial charge is 0.135 e. The van der Waals surface area contributed by atoms with Crippen molar-refractivity contribution >= 4 is 0 Å². The lowest BCUT2D eigenvalue weighted by Crippen LogP contribution is -2.38. The van der Waals surface area contributed by atoms with E-state index in [-0.39, 0.29) is 12.0 Å². The lowest BCUT2D eigenvalue weighted by molar-refractivity contribution is 0.270. The molecule has 0 bridgehead atoms. The molecule has 0 unspecified atom stereocenters. The Morgan fingerprint density at radius 2 is 0.963 bits per heavy atom. The number of aliphatic hydroxyl groups excluding tert-OH is 1. The minimum Gasteiger partial charge on any atom is -0.456 e. The summed E-state index contributed by atoms with van der Waals surface area (Å²) in [6, 6.07) is 18.0. The van der Waals surface area contributed by atoms with E-state index in [4.69, 9.17) is 14.2 Å². The Morgan fingerprint density at radius 3 is 1.30 bits per heavy atom. The van der Waals surface area contributed by atoms with E-state index in [0.29, 0.717) is 0 Å². The third kappa shape index (κ3) is 1.81. The Labute approximate surface area is 156 Å². The van der Waals surface area contributed by atoms with Gasteiger partial charge in [0, 0.05) is 6.61 Å². The molecule has 134 valence electrons. The predicted molar refractivity (Wildman–Crippen MR) is 100 cm³/mol. The van der Waals surface area contributed by atoms with Crippen molar-refractivity contribution in [3.63, 3.8) is 0 Å². The first-order valence-electron chi connectivity index (χ1n) is 9.38. The first-order chi connectivity index (χ1) is 13.3. The molecule has 4 heteroatoms. The van der Waals surface area contributed by atoms with Gasteiger partial charge in [-0.3, -0.25) is 0 Å². The van der Waals surface area contributed by atoms with Crippen molar-refractivity contribution in [3.05, 3.63) is 71.3 Å². The van der Waals surface area contributed by atoms with Gasteiger partial charge in [-0.05, 0) is 55.7 Å². The SMILES string of the molecule is OCCCCC12c3c4cccc3Oc3cccc(c31)Oc1cccc(c12)O4. The van der Waals surface area contributed by atoms with Gasteiger partial charge < -0.3 is 19.3 Å². The summed E-state index contributed by atoms with van der Waals surface area (Å²) in [5.41, 5.74) is 2.84. The van der Waals surface area contributed by atoms with Gasteiger partial charge in [0.1, 0.15) is 34.5 Å². The zero-order valence-electron chi connectivity index (χ0n) is 14.7. The maximum Gasteiger partial charge on any atom is 0.135 e. The van der Waals surface area contributed by atoms with Crippen LogP contribution in [-0.2, 0) is 5.41 Å². The third-order valence-electron chi connectivity index (χ3n) is 5.86. The van der Waals surface area contributed by atoms with E-state index in [1.807, 2.05) is 54.6 Å². The van der Waals surface area contributed by atoms with Gasteiger partial charge in [0.2, 0.25) is 0 Å². The highest BCUT2D eigenvalue weighted by Gasteiger charge is 2.54. The zero-order chi connectivity index (χ0) is 18.0. The van der Waals surface area contributed by atoms with Gasteiger partial charge in [0.05, 0.1) is 22.1 Å². The standard InChI is InChI=1S/C23H18O4/c24-13-2-1-12-23-20-14-6-3-7-15(20)26-17-9-5-11-19(22(17)23)27-18-10-4-8-16(25-14)21(18)23/h3-11,24H,1-2,12-13H2. The molecule has 0 aliphatic carbocycles. The largest absolute Gasteiger partial charge is 0.456 e. The van der Waals surface area contributed by atoms with Crippen molar-refractivity contribution < 1.29 is 19.3 Å². The zero-order valence-corrected chi connectivity index (χ0v) is 14.7. The van der Waals surface area contributed by atoms with Crippen molar-refractivity contribution in [1.82, 2.24) is 0 Å². The van der Waals surface area contributed by atoms with Crippen LogP contribution >= 0.6 is 0 Å². The fourth-order valence-electron chi connectivity index (χ4n) is 4.91. The van der Waals surface area contributed by atoms with E-state index in [1.54, 1.807) is 0 Å². The van der Waals surface area contributed by atoms with Crippen molar-refractivity contribution in [2.45, 2.75) is 24.7 Å². The lowest BCUT2D eigenvalue weighted by atomic mass is 9.62. The number of hydrogen-bond acceptors (Lipinski definition) is 4. The number of benzene rings is 3. The summed E-state index contributed by atoms with van der Waals surface area (Å²) in [5.74, 6) is 5.02. The molecule has 0 atom stereocenters. The molecule has 0 fully saturated rings. The van der Waals surface area contributed by atoms with Gasteiger partial charge in [-0.15, -0.1) is 0 Å². The Bertz CT molecular complexity index is 895. The van der Waals surface area contributed by atoms with Gasteiger partial charge >= 0.3 is 0 Å². The van der Waals surface area contributed by atoms with Crippen LogP contribution in [0.25, 0.3) is 0 Å². The van der Waals surface area contributed by atoms with E-state index in [9.17, 15) is 5.11 Å². The Kier molecular flexibility index (Phi) is 2.95. The molecular formula is C23H18O4. The number of unbranched alkanes of at least 4 members (excludes halogenated alkanes) is 1. The molecular weight excluding hydrogens is 340 g/mol. The molecule has 0 saturated heterocycles. The van der Waals surface area contributed by atoms with Crippen LogP contribution in [0.5, 0.6) is 34.5 Å². The molecule has 3 aromatic carbocycles. The van der Waals surface area contributed by atoms with Crippen LogP contribution in [0.15, 0.2) is 54.6 Å². The summed E-state index contributed by atoms with van der Waals surface area (Å²) in [6.07, 6.45) is 2.52. The Morgan fingerprint density at radius 1 is 0.593 bits per heavy atom. The molecule has 0 aromatic heterocycles. The highest BCUT2D eigenvalue weighted by molar-refractivity contribution is 5.78. The second-order valence-electron chi connectivity index (χ2n) is 7.28. The second-order valence-corrected chi connectivity index (χ2v) is 7.28. The van der Waals surface area contributed by atoms with Gasteiger partial charge in [0.25, 0.3) is 0 Å². The fraction of sp³-hybridized carbons (Fsp3) is 0.217. The molecule has 0 radical (unpaired) electrons. The summed E-state index contributed by atoms with van der Waals surface area (Å²) >= 11 is 0. The number of ether oxygens (including phenoxy) is 3. The van der Waals surface area contributed by atoms with Gasteiger partial charge in [-0.25, -0.2) is 0 Å².